The van der Waals surface area contributed by atoms with E-state index in [4.69, 9.17) is 15.7 Å². The Hall–Kier alpha value is -3.00. The first kappa shape index (κ1) is 14.4. The fourth-order valence-electron chi connectivity index (χ4n) is 1.89. The van der Waals surface area contributed by atoms with E-state index in [0.29, 0.717) is 16.9 Å². The normalized spacial score (nSPS) is 9.71. The highest BCUT2D eigenvalue weighted by molar-refractivity contribution is 5.93. The van der Waals surface area contributed by atoms with Crippen molar-refractivity contribution < 1.29 is 9.53 Å². The Bertz CT molecular complexity index is 688. The van der Waals surface area contributed by atoms with Gasteiger partial charge in [-0.05, 0) is 35.9 Å². The highest BCUT2D eigenvalue weighted by Gasteiger charge is 2.08. The van der Waals surface area contributed by atoms with Crippen LogP contribution in [0.25, 0.3) is 0 Å². The zero-order chi connectivity index (χ0) is 15.2. The fraction of sp³-hybridized carbons (Fsp3) is 0.125. The molecule has 0 unspecified atom stereocenters. The number of methoxy groups -OCH3 is 1. The molecule has 5 heteroatoms. The first-order valence-corrected chi connectivity index (χ1v) is 6.35. The van der Waals surface area contributed by atoms with E-state index in [1.54, 1.807) is 31.4 Å². The first-order valence-electron chi connectivity index (χ1n) is 6.35. The molecule has 0 bridgehead atoms. The summed E-state index contributed by atoms with van der Waals surface area (Å²) in [5.41, 5.74) is 7.77. The molecule has 1 amide bonds. The largest absolute Gasteiger partial charge is 0.497 e. The molecule has 0 aromatic heterocycles. The fourth-order valence-corrected chi connectivity index (χ4v) is 1.89. The van der Waals surface area contributed by atoms with Crippen molar-refractivity contribution in [2.45, 2.75) is 6.42 Å². The molecular formula is C16H15N3O2. The second kappa shape index (κ2) is 6.44. The number of carbonyl (C=O) groups is 1. The third-order valence-electron chi connectivity index (χ3n) is 2.96. The van der Waals surface area contributed by atoms with Crippen LogP contribution in [-0.2, 0) is 11.2 Å². The van der Waals surface area contributed by atoms with Gasteiger partial charge in [0.25, 0.3) is 0 Å². The van der Waals surface area contributed by atoms with E-state index in [1.165, 1.54) is 6.07 Å². The van der Waals surface area contributed by atoms with Crippen LogP contribution in [0.3, 0.4) is 0 Å². The predicted molar refractivity (Wildman–Crippen MR) is 80.9 cm³/mol. The van der Waals surface area contributed by atoms with Gasteiger partial charge < -0.3 is 15.8 Å². The molecule has 2 aromatic rings. The van der Waals surface area contributed by atoms with Crippen LogP contribution < -0.4 is 15.8 Å². The Balaban J connectivity index is 2.06. The summed E-state index contributed by atoms with van der Waals surface area (Å²) in [7, 11) is 1.59. The number of amides is 1. The average Bonchev–Trinajstić information content (AvgIpc) is 2.49. The standard InChI is InChI=1S/C16H15N3O2/c1-21-14-5-2-11(3-6-14)8-16(20)19-15-7-4-13(18)9-12(15)10-17/h2-7,9H,8,18H2,1H3,(H,19,20). The number of nitriles is 1. The molecule has 0 aliphatic heterocycles. The van der Waals surface area contributed by atoms with Crippen LogP contribution in [0.15, 0.2) is 42.5 Å². The van der Waals surface area contributed by atoms with Gasteiger partial charge in [0.05, 0.1) is 24.8 Å². The highest BCUT2D eigenvalue weighted by atomic mass is 16.5. The van der Waals surface area contributed by atoms with Crippen molar-refractivity contribution in [3.05, 3.63) is 53.6 Å². The van der Waals surface area contributed by atoms with Crippen molar-refractivity contribution in [3.63, 3.8) is 0 Å². The summed E-state index contributed by atoms with van der Waals surface area (Å²) in [6.07, 6.45) is 0.221. The molecular weight excluding hydrogens is 266 g/mol. The quantitative estimate of drug-likeness (QED) is 0.842. The van der Waals surface area contributed by atoms with E-state index in [9.17, 15) is 4.79 Å². The Kier molecular flexibility index (Phi) is 4.42. The summed E-state index contributed by atoms with van der Waals surface area (Å²) in [6, 6.07) is 14.1. The first-order chi connectivity index (χ1) is 10.1. The number of nitrogens with one attached hydrogen (secondary N) is 1. The molecule has 0 aliphatic rings. The summed E-state index contributed by atoms with van der Waals surface area (Å²) < 4.78 is 5.06. The minimum Gasteiger partial charge on any atom is -0.497 e. The van der Waals surface area contributed by atoms with Crippen LogP contribution in [0.5, 0.6) is 5.75 Å². The van der Waals surface area contributed by atoms with Crippen molar-refractivity contribution in [3.8, 4) is 11.8 Å². The van der Waals surface area contributed by atoms with Crippen LogP contribution >= 0.6 is 0 Å². The van der Waals surface area contributed by atoms with Gasteiger partial charge in [-0.3, -0.25) is 4.79 Å². The highest BCUT2D eigenvalue weighted by Crippen LogP contribution is 2.18. The average molecular weight is 281 g/mol. The smallest absolute Gasteiger partial charge is 0.228 e. The van der Waals surface area contributed by atoms with E-state index in [1.807, 2.05) is 18.2 Å². The molecule has 2 rings (SSSR count). The van der Waals surface area contributed by atoms with Gasteiger partial charge in [0.15, 0.2) is 0 Å². The number of hydrogen-bond acceptors (Lipinski definition) is 4. The monoisotopic (exact) mass is 281 g/mol. The van der Waals surface area contributed by atoms with Gasteiger partial charge in [0.1, 0.15) is 11.8 Å². The van der Waals surface area contributed by atoms with Gasteiger partial charge in [0, 0.05) is 5.69 Å². The van der Waals surface area contributed by atoms with Gasteiger partial charge >= 0.3 is 0 Å². The van der Waals surface area contributed by atoms with Crippen LogP contribution in [0.2, 0.25) is 0 Å². The zero-order valence-electron chi connectivity index (χ0n) is 11.6. The van der Waals surface area contributed by atoms with Gasteiger partial charge in [-0.2, -0.15) is 5.26 Å². The number of nitrogen functional groups attached to an aromatic ring is 1. The van der Waals surface area contributed by atoms with Gasteiger partial charge in [-0.25, -0.2) is 0 Å². The SMILES string of the molecule is COc1ccc(CC(=O)Nc2ccc(N)cc2C#N)cc1. The molecule has 5 nitrogen and oxygen atoms in total. The molecule has 0 radical (unpaired) electrons. The molecule has 0 spiro atoms. The maximum atomic E-state index is 12.0. The maximum absolute atomic E-state index is 12.0. The summed E-state index contributed by atoms with van der Waals surface area (Å²) in [6.45, 7) is 0. The molecule has 21 heavy (non-hydrogen) atoms. The number of nitrogens with two attached hydrogens (primary N) is 1. The van der Waals surface area contributed by atoms with Gasteiger partial charge in [-0.1, -0.05) is 12.1 Å². The zero-order valence-corrected chi connectivity index (χ0v) is 11.6. The van der Waals surface area contributed by atoms with E-state index >= 15 is 0 Å². The lowest BCUT2D eigenvalue weighted by molar-refractivity contribution is -0.115. The van der Waals surface area contributed by atoms with Crippen LogP contribution in [0.1, 0.15) is 11.1 Å². The molecule has 0 aliphatic carbocycles. The van der Waals surface area contributed by atoms with E-state index in [2.05, 4.69) is 5.32 Å². The molecule has 0 saturated heterocycles. The lowest BCUT2D eigenvalue weighted by Crippen LogP contribution is -2.15. The topological polar surface area (TPSA) is 88.1 Å². The van der Waals surface area contributed by atoms with Gasteiger partial charge in [0.2, 0.25) is 5.91 Å². The summed E-state index contributed by atoms with van der Waals surface area (Å²) in [5, 5.41) is 11.7. The number of nitrogens with zero attached hydrogens (tertiary/aromatic N) is 1. The number of anilines is 2. The molecule has 106 valence electrons. The second-order valence-electron chi connectivity index (χ2n) is 4.49. The minimum atomic E-state index is -0.193. The molecule has 3 N–H and O–H groups in total. The third-order valence-corrected chi connectivity index (χ3v) is 2.96. The van der Waals surface area contributed by atoms with Crippen molar-refractivity contribution >= 4 is 17.3 Å². The lowest BCUT2D eigenvalue weighted by Gasteiger charge is -2.08. The Morgan fingerprint density at radius 1 is 1.29 bits per heavy atom. The summed E-state index contributed by atoms with van der Waals surface area (Å²) in [5.74, 6) is 0.547. The summed E-state index contributed by atoms with van der Waals surface area (Å²) in [4.78, 5) is 12.0. The van der Waals surface area contributed by atoms with Gasteiger partial charge in [-0.15, -0.1) is 0 Å². The second-order valence-corrected chi connectivity index (χ2v) is 4.49. The third kappa shape index (κ3) is 3.74. The Labute approximate surface area is 123 Å². The van der Waals surface area contributed by atoms with Crippen LogP contribution in [0, 0.1) is 11.3 Å². The molecule has 0 saturated carbocycles. The summed E-state index contributed by atoms with van der Waals surface area (Å²) >= 11 is 0. The van der Waals surface area contributed by atoms with Crippen LogP contribution in [0.4, 0.5) is 11.4 Å². The van der Waals surface area contributed by atoms with Crippen molar-refractivity contribution in [2.75, 3.05) is 18.2 Å². The number of rotatable bonds is 4. The molecule has 0 fully saturated rings. The number of ether oxygens (including phenoxy) is 1. The van der Waals surface area contributed by atoms with E-state index in [-0.39, 0.29) is 12.3 Å². The maximum Gasteiger partial charge on any atom is 0.228 e. The van der Waals surface area contributed by atoms with Crippen LogP contribution in [-0.4, -0.2) is 13.0 Å². The molecule has 0 heterocycles. The molecule has 2 aromatic carbocycles. The number of carbonyl (C=O) groups excluding carboxylic acids is 1. The predicted octanol–water partition coefficient (Wildman–Crippen LogP) is 2.33. The Morgan fingerprint density at radius 2 is 2.00 bits per heavy atom. The number of benzene rings is 2. The number of hydrogen-bond donors (Lipinski definition) is 2. The van der Waals surface area contributed by atoms with Crippen molar-refractivity contribution in [1.82, 2.24) is 0 Å². The van der Waals surface area contributed by atoms with E-state index in [0.717, 1.165) is 11.3 Å². The minimum absolute atomic E-state index is 0.193. The van der Waals surface area contributed by atoms with E-state index < -0.39 is 0 Å². The lowest BCUT2D eigenvalue weighted by atomic mass is 10.1. The van der Waals surface area contributed by atoms with Crippen molar-refractivity contribution in [1.29, 1.82) is 5.26 Å². The molecule has 0 atom stereocenters. The Morgan fingerprint density at radius 3 is 2.62 bits per heavy atom. The van der Waals surface area contributed by atoms with Crippen molar-refractivity contribution in [2.24, 2.45) is 0 Å².